The van der Waals surface area contributed by atoms with Gasteiger partial charge in [-0.2, -0.15) is 4.98 Å². The fourth-order valence-corrected chi connectivity index (χ4v) is 2.53. The van der Waals surface area contributed by atoms with E-state index < -0.39 is 0 Å². The van der Waals surface area contributed by atoms with Crippen LogP contribution in [0.1, 0.15) is 32.1 Å². The van der Waals surface area contributed by atoms with E-state index in [2.05, 4.69) is 31.2 Å². The zero-order valence-electron chi connectivity index (χ0n) is 9.25. The highest BCUT2D eigenvalue weighted by atomic mass is 79.9. The molecule has 0 radical (unpaired) electrons. The van der Waals surface area contributed by atoms with Crippen LogP contribution >= 0.6 is 15.9 Å². The minimum absolute atomic E-state index is 0.312. The Labute approximate surface area is 104 Å². The third-order valence-electron chi connectivity index (χ3n) is 3.08. The fraction of sp³-hybridized carbons (Fsp3) is 0.636. The molecule has 16 heavy (non-hydrogen) atoms. The minimum Gasteiger partial charge on any atom is -0.369 e. The van der Waals surface area contributed by atoms with E-state index in [0.29, 0.717) is 5.95 Å². The van der Waals surface area contributed by atoms with Crippen molar-refractivity contribution in [3.05, 3.63) is 10.7 Å². The van der Waals surface area contributed by atoms with Crippen molar-refractivity contribution in [1.82, 2.24) is 9.97 Å². The van der Waals surface area contributed by atoms with Crippen LogP contribution in [0.25, 0.3) is 0 Å². The first-order chi connectivity index (χ1) is 7.75. The van der Waals surface area contributed by atoms with Crippen LogP contribution in [0.2, 0.25) is 0 Å². The molecule has 0 aliphatic heterocycles. The normalized spacial score (nSPS) is 16.6. The molecule has 1 aromatic rings. The quantitative estimate of drug-likeness (QED) is 0.893. The van der Waals surface area contributed by atoms with Gasteiger partial charge in [-0.3, -0.25) is 0 Å². The van der Waals surface area contributed by atoms with Crippen LogP contribution in [0.15, 0.2) is 10.7 Å². The summed E-state index contributed by atoms with van der Waals surface area (Å²) in [5, 5.41) is 3.30. The average molecular weight is 285 g/mol. The molecular weight excluding hydrogens is 268 g/mol. The summed E-state index contributed by atoms with van der Waals surface area (Å²) in [6.07, 6.45) is 8.46. The van der Waals surface area contributed by atoms with Crippen molar-refractivity contribution < 1.29 is 0 Å². The minimum atomic E-state index is 0.312. The Morgan fingerprint density at radius 1 is 1.44 bits per heavy atom. The maximum Gasteiger partial charge on any atom is 0.221 e. The number of anilines is 2. The second kappa shape index (κ2) is 5.48. The largest absolute Gasteiger partial charge is 0.369 e. The number of nitrogens with one attached hydrogen (secondary N) is 1. The zero-order chi connectivity index (χ0) is 11.4. The lowest BCUT2D eigenvalue weighted by Gasteiger charge is -2.11. The molecule has 88 valence electrons. The molecule has 1 fully saturated rings. The number of hydrogen-bond acceptors (Lipinski definition) is 4. The predicted molar refractivity (Wildman–Crippen MR) is 69.2 cm³/mol. The van der Waals surface area contributed by atoms with Crippen LogP contribution in [-0.4, -0.2) is 16.5 Å². The molecule has 3 N–H and O–H groups in total. The van der Waals surface area contributed by atoms with Crippen LogP contribution < -0.4 is 11.1 Å². The summed E-state index contributed by atoms with van der Waals surface area (Å²) < 4.78 is 0.869. The first-order valence-corrected chi connectivity index (χ1v) is 6.57. The molecule has 5 heteroatoms. The summed E-state index contributed by atoms with van der Waals surface area (Å²) in [4.78, 5) is 8.05. The van der Waals surface area contributed by atoms with Crippen molar-refractivity contribution >= 4 is 27.7 Å². The number of nitrogens with zero attached hydrogens (tertiary/aromatic N) is 2. The van der Waals surface area contributed by atoms with Gasteiger partial charge in [-0.05, 0) is 28.3 Å². The molecule has 1 aliphatic rings. The molecule has 1 aromatic heterocycles. The fourth-order valence-electron chi connectivity index (χ4n) is 2.20. The van der Waals surface area contributed by atoms with Gasteiger partial charge in [0.1, 0.15) is 5.82 Å². The summed E-state index contributed by atoms with van der Waals surface area (Å²) >= 11 is 3.40. The lowest BCUT2D eigenvalue weighted by Crippen LogP contribution is -2.09. The molecule has 0 bridgehead atoms. The highest BCUT2D eigenvalue weighted by Gasteiger charge is 2.14. The number of nitrogen functional groups attached to an aromatic ring is 1. The van der Waals surface area contributed by atoms with E-state index in [-0.39, 0.29) is 0 Å². The summed E-state index contributed by atoms with van der Waals surface area (Å²) in [5.41, 5.74) is 5.54. The lowest BCUT2D eigenvalue weighted by molar-refractivity contribution is 0.518. The Hall–Kier alpha value is -0.840. The second-order valence-electron chi connectivity index (χ2n) is 4.29. The van der Waals surface area contributed by atoms with Crippen LogP contribution in [0.4, 0.5) is 11.8 Å². The third-order valence-corrected chi connectivity index (χ3v) is 3.66. The summed E-state index contributed by atoms with van der Waals surface area (Å²) in [6, 6.07) is 0. The highest BCUT2D eigenvalue weighted by Crippen LogP contribution is 2.27. The van der Waals surface area contributed by atoms with Crippen LogP contribution in [0, 0.1) is 5.92 Å². The molecular formula is C11H17BrN4. The van der Waals surface area contributed by atoms with Gasteiger partial charge in [0.2, 0.25) is 5.95 Å². The van der Waals surface area contributed by atoms with E-state index in [1.807, 2.05) is 0 Å². The van der Waals surface area contributed by atoms with Gasteiger partial charge in [0.25, 0.3) is 0 Å². The topological polar surface area (TPSA) is 63.8 Å². The van der Waals surface area contributed by atoms with Gasteiger partial charge in [0, 0.05) is 12.7 Å². The van der Waals surface area contributed by atoms with Gasteiger partial charge in [-0.25, -0.2) is 4.98 Å². The van der Waals surface area contributed by atoms with Crippen molar-refractivity contribution in [1.29, 1.82) is 0 Å². The average Bonchev–Trinajstić information content (AvgIpc) is 2.76. The Kier molecular flexibility index (Phi) is 3.98. The summed E-state index contributed by atoms with van der Waals surface area (Å²) in [6.45, 7) is 0.958. The molecule has 0 atom stereocenters. The van der Waals surface area contributed by atoms with Gasteiger partial charge < -0.3 is 11.1 Å². The lowest BCUT2D eigenvalue weighted by atomic mass is 10.0. The van der Waals surface area contributed by atoms with Crippen LogP contribution in [-0.2, 0) is 0 Å². The van der Waals surface area contributed by atoms with E-state index in [1.54, 1.807) is 6.20 Å². The zero-order valence-corrected chi connectivity index (χ0v) is 10.8. The van der Waals surface area contributed by atoms with Crippen molar-refractivity contribution in [2.75, 3.05) is 17.6 Å². The number of hydrogen-bond donors (Lipinski definition) is 2. The molecule has 0 aromatic carbocycles. The summed E-state index contributed by atoms with van der Waals surface area (Å²) in [5.74, 6) is 2.00. The monoisotopic (exact) mass is 284 g/mol. The molecule has 0 spiro atoms. The van der Waals surface area contributed by atoms with Crippen molar-refractivity contribution in [3.8, 4) is 0 Å². The van der Waals surface area contributed by atoms with E-state index in [0.717, 1.165) is 22.8 Å². The summed E-state index contributed by atoms with van der Waals surface area (Å²) in [7, 11) is 0. The Morgan fingerprint density at radius 2 is 2.19 bits per heavy atom. The van der Waals surface area contributed by atoms with Crippen molar-refractivity contribution in [2.24, 2.45) is 5.92 Å². The van der Waals surface area contributed by atoms with E-state index in [1.165, 1.54) is 32.1 Å². The highest BCUT2D eigenvalue weighted by molar-refractivity contribution is 9.10. The molecule has 1 heterocycles. The van der Waals surface area contributed by atoms with Crippen molar-refractivity contribution in [2.45, 2.75) is 32.1 Å². The Morgan fingerprint density at radius 3 is 2.94 bits per heavy atom. The Balaban J connectivity index is 1.82. The standard InChI is InChI=1S/C11H17BrN4/c12-9-7-15-11(13)16-10(9)14-6-5-8-3-1-2-4-8/h7-8H,1-6H2,(H3,13,14,15,16). The maximum absolute atomic E-state index is 5.54. The molecule has 0 amide bonds. The maximum atomic E-state index is 5.54. The van der Waals surface area contributed by atoms with Crippen LogP contribution in [0.5, 0.6) is 0 Å². The van der Waals surface area contributed by atoms with E-state index >= 15 is 0 Å². The first-order valence-electron chi connectivity index (χ1n) is 5.77. The third kappa shape index (κ3) is 3.07. The van der Waals surface area contributed by atoms with Gasteiger partial charge in [-0.1, -0.05) is 25.7 Å². The predicted octanol–water partition coefficient (Wildman–Crippen LogP) is 2.81. The number of halogens is 1. The molecule has 0 unspecified atom stereocenters. The molecule has 2 rings (SSSR count). The molecule has 1 aliphatic carbocycles. The van der Waals surface area contributed by atoms with Gasteiger partial charge >= 0.3 is 0 Å². The van der Waals surface area contributed by atoms with Gasteiger partial charge in [0.05, 0.1) is 4.47 Å². The molecule has 1 saturated carbocycles. The number of rotatable bonds is 4. The van der Waals surface area contributed by atoms with Crippen LogP contribution in [0.3, 0.4) is 0 Å². The van der Waals surface area contributed by atoms with E-state index in [4.69, 9.17) is 5.73 Å². The molecule has 0 saturated heterocycles. The Bertz CT molecular complexity index is 350. The first kappa shape index (κ1) is 11.6. The number of aromatic nitrogens is 2. The SMILES string of the molecule is Nc1ncc(Br)c(NCCC2CCCC2)n1. The van der Waals surface area contributed by atoms with Crippen molar-refractivity contribution in [3.63, 3.8) is 0 Å². The van der Waals surface area contributed by atoms with Gasteiger partial charge in [0.15, 0.2) is 0 Å². The number of nitrogens with two attached hydrogens (primary N) is 1. The smallest absolute Gasteiger partial charge is 0.221 e. The second-order valence-corrected chi connectivity index (χ2v) is 5.15. The van der Waals surface area contributed by atoms with E-state index in [9.17, 15) is 0 Å². The van der Waals surface area contributed by atoms with Gasteiger partial charge in [-0.15, -0.1) is 0 Å². The molecule has 4 nitrogen and oxygen atoms in total.